The first-order valence-corrected chi connectivity index (χ1v) is 6.29. The minimum absolute atomic E-state index is 0.709. The van der Waals surface area contributed by atoms with Gasteiger partial charge in [0.05, 0.1) is 6.61 Å². The van der Waals surface area contributed by atoms with Gasteiger partial charge in [0.25, 0.3) is 0 Å². The Hall–Kier alpha value is -1.81. The molecule has 0 unspecified atom stereocenters. The molecule has 0 bridgehead atoms. The zero-order valence-corrected chi connectivity index (χ0v) is 10.6. The molecular weight excluding hydrogens is 226 g/mol. The highest BCUT2D eigenvalue weighted by atomic mass is 16.5. The number of rotatable bonds is 7. The summed E-state index contributed by atoms with van der Waals surface area (Å²) in [6, 6.07) is 8.19. The summed E-state index contributed by atoms with van der Waals surface area (Å²) in [5.41, 5.74) is 1.26. The number of hydrogen-bond donors (Lipinski definition) is 2. The van der Waals surface area contributed by atoms with Crippen molar-refractivity contribution in [2.45, 2.75) is 19.9 Å². The second-order valence-corrected chi connectivity index (χ2v) is 4.04. The Kier molecular flexibility index (Phi) is 4.78. The van der Waals surface area contributed by atoms with E-state index in [1.165, 1.54) is 5.56 Å². The van der Waals surface area contributed by atoms with Crippen LogP contribution in [0.2, 0.25) is 0 Å². The SMILES string of the molecule is CCOc1ccc(CNCCc2ncc[nH]2)cc1. The van der Waals surface area contributed by atoms with Crippen LogP contribution >= 0.6 is 0 Å². The van der Waals surface area contributed by atoms with Crippen LogP contribution < -0.4 is 10.1 Å². The molecule has 18 heavy (non-hydrogen) atoms. The van der Waals surface area contributed by atoms with Crippen molar-refractivity contribution in [3.05, 3.63) is 48.0 Å². The number of aromatic nitrogens is 2. The van der Waals surface area contributed by atoms with Crippen LogP contribution in [0.5, 0.6) is 5.75 Å². The maximum atomic E-state index is 5.40. The number of H-pyrrole nitrogens is 1. The quantitative estimate of drug-likeness (QED) is 0.735. The van der Waals surface area contributed by atoms with Gasteiger partial charge in [-0.3, -0.25) is 0 Å². The van der Waals surface area contributed by atoms with E-state index in [2.05, 4.69) is 27.4 Å². The predicted molar refractivity (Wildman–Crippen MR) is 71.6 cm³/mol. The number of aromatic amines is 1. The van der Waals surface area contributed by atoms with Crippen molar-refractivity contribution in [2.24, 2.45) is 0 Å². The Bertz CT molecular complexity index is 437. The highest BCUT2D eigenvalue weighted by Gasteiger charge is 1.96. The standard InChI is InChI=1S/C14H19N3O/c1-2-18-13-5-3-12(4-6-13)11-15-8-7-14-16-9-10-17-14/h3-6,9-10,15H,2,7-8,11H2,1H3,(H,16,17). The molecule has 0 radical (unpaired) electrons. The molecule has 2 rings (SSSR count). The molecule has 1 aromatic carbocycles. The lowest BCUT2D eigenvalue weighted by Gasteiger charge is -2.06. The Morgan fingerprint density at radius 1 is 1.28 bits per heavy atom. The van der Waals surface area contributed by atoms with Crippen molar-refractivity contribution in [1.29, 1.82) is 0 Å². The third-order valence-corrected chi connectivity index (χ3v) is 2.66. The Morgan fingerprint density at radius 2 is 2.11 bits per heavy atom. The Morgan fingerprint density at radius 3 is 2.78 bits per heavy atom. The van der Waals surface area contributed by atoms with Gasteiger partial charge in [0.1, 0.15) is 11.6 Å². The average Bonchev–Trinajstić information content (AvgIpc) is 2.90. The van der Waals surface area contributed by atoms with Gasteiger partial charge in [-0.1, -0.05) is 12.1 Å². The van der Waals surface area contributed by atoms with E-state index in [0.717, 1.165) is 31.1 Å². The summed E-state index contributed by atoms with van der Waals surface area (Å²) in [5.74, 6) is 1.95. The van der Waals surface area contributed by atoms with E-state index in [-0.39, 0.29) is 0 Å². The largest absolute Gasteiger partial charge is 0.494 e. The van der Waals surface area contributed by atoms with Crippen LogP contribution in [0.4, 0.5) is 0 Å². The Labute approximate surface area is 107 Å². The summed E-state index contributed by atoms with van der Waals surface area (Å²) in [6.07, 6.45) is 4.55. The van der Waals surface area contributed by atoms with Gasteiger partial charge in [0.2, 0.25) is 0 Å². The number of benzene rings is 1. The molecule has 4 heteroatoms. The molecule has 1 aromatic heterocycles. The topological polar surface area (TPSA) is 49.9 Å². The van der Waals surface area contributed by atoms with Crippen LogP contribution in [0.15, 0.2) is 36.7 Å². The van der Waals surface area contributed by atoms with Crippen molar-refractivity contribution in [3.8, 4) is 5.75 Å². The third kappa shape index (κ3) is 3.89. The summed E-state index contributed by atoms with van der Waals surface area (Å²) < 4.78 is 5.40. The number of hydrogen-bond acceptors (Lipinski definition) is 3. The number of nitrogens with one attached hydrogen (secondary N) is 2. The summed E-state index contributed by atoms with van der Waals surface area (Å²) in [7, 11) is 0. The van der Waals surface area contributed by atoms with Crippen molar-refractivity contribution in [1.82, 2.24) is 15.3 Å². The molecule has 0 spiro atoms. The van der Waals surface area contributed by atoms with E-state index >= 15 is 0 Å². The minimum Gasteiger partial charge on any atom is -0.494 e. The van der Waals surface area contributed by atoms with Gasteiger partial charge in [-0.05, 0) is 24.6 Å². The fraction of sp³-hybridized carbons (Fsp3) is 0.357. The van der Waals surface area contributed by atoms with Crippen molar-refractivity contribution in [2.75, 3.05) is 13.2 Å². The normalized spacial score (nSPS) is 10.5. The van der Waals surface area contributed by atoms with Gasteiger partial charge in [-0.25, -0.2) is 4.98 Å². The van der Waals surface area contributed by atoms with Crippen LogP contribution in [0.1, 0.15) is 18.3 Å². The molecule has 2 aromatic rings. The molecule has 4 nitrogen and oxygen atoms in total. The van der Waals surface area contributed by atoms with Gasteiger partial charge in [-0.15, -0.1) is 0 Å². The van der Waals surface area contributed by atoms with Gasteiger partial charge >= 0.3 is 0 Å². The molecular formula is C14H19N3O. The molecule has 0 saturated heterocycles. The molecule has 0 aliphatic carbocycles. The number of imidazole rings is 1. The summed E-state index contributed by atoms with van der Waals surface area (Å²) in [5, 5.41) is 3.39. The molecule has 2 N–H and O–H groups in total. The molecule has 0 saturated carbocycles. The third-order valence-electron chi connectivity index (χ3n) is 2.66. The van der Waals surface area contributed by atoms with Crippen LogP contribution in [-0.2, 0) is 13.0 Å². The lowest BCUT2D eigenvalue weighted by molar-refractivity contribution is 0.340. The highest BCUT2D eigenvalue weighted by Crippen LogP contribution is 2.11. The van der Waals surface area contributed by atoms with Crippen molar-refractivity contribution < 1.29 is 4.74 Å². The first kappa shape index (κ1) is 12.6. The zero-order chi connectivity index (χ0) is 12.6. The maximum absolute atomic E-state index is 5.40. The predicted octanol–water partition coefficient (Wildman–Crippen LogP) is 2.14. The van der Waals surface area contributed by atoms with Gasteiger partial charge in [0.15, 0.2) is 0 Å². The van der Waals surface area contributed by atoms with Crippen molar-refractivity contribution in [3.63, 3.8) is 0 Å². The Balaban J connectivity index is 1.69. The second kappa shape index (κ2) is 6.81. The van der Waals surface area contributed by atoms with E-state index in [9.17, 15) is 0 Å². The van der Waals surface area contributed by atoms with Crippen LogP contribution in [0.3, 0.4) is 0 Å². The van der Waals surface area contributed by atoms with E-state index in [0.29, 0.717) is 6.61 Å². The molecule has 0 aliphatic rings. The van der Waals surface area contributed by atoms with Crippen LogP contribution in [-0.4, -0.2) is 23.1 Å². The molecule has 0 fully saturated rings. The highest BCUT2D eigenvalue weighted by molar-refractivity contribution is 5.27. The monoisotopic (exact) mass is 245 g/mol. The summed E-state index contributed by atoms with van der Waals surface area (Å²) in [6.45, 7) is 4.48. The lowest BCUT2D eigenvalue weighted by Crippen LogP contribution is -2.17. The van der Waals surface area contributed by atoms with E-state index in [1.54, 1.807) is 6.20 Å². The molecule has 0 atom stereocenters. The van der Waals surface area contributed by atoms with E-state index in [4.69, 9.17) is 4.74 Å². The molecule has 96 valence electrons. The fourth-order valence-electron chi connectivity index (χ4n) is 1.74. The number of nitrogens with zero attached hydrogens (tertiary/aromatic N) is 1. The van der Waals surface area contributed by atoms with Gasteiger partial charge in [0, 0.05) is 31.9 Å². The summed E-state index contributed by atoms with van der Waals surface area (Å²) in [4.78, 5) is 7.27. The van der Waals surface area contributed by atoms with Gasteiger partial charge < -0.3 is 15.0 Å². The second-order valence-electron chi connectivity index (χ2n) is 4.04. The van der Waals surface area contributed by atoms with Crippen LogP contribution in [0.25, 0.3) is 0 Å². The summed E-state index contributed by atoms with van der Waals surface area (Å²) >= 11 is 0. The lowest BCUT2D eigenvalue weighted by atomic mass is 10.2. The first-order valence-electron chi connectivity index (χ1n) is 6.29. The minimum atomic E-state index is 0.709. The molecule has 0 aliphatic heterocycles. The first-order chi connectivity index (χ1) is 8.88. The van der Waals surface area contributed by atoms with E-state index in [1.807, 2.05) is 25.3 Å². The average molecular weight is 245 g/mol. The number of ether oxygens (including phenoxy) is 1. The molecule has 0 amide bonds. The fourth-order valence-corrected chi connectivity index (χ4v) is 1.74. The molecule has 1 heterocycles. The smallest absolute Gasteiger partial charge is 0.119 e. The zero-order valence-electron chi connectivity index (χ0n) is 10.6. The van der Waals surface area contributed by atoms with Gasteiger partial charge in [-0.2, -0.15) is 0 Å². The van der Waals surface area contributed by atoms with E-state index < -0.39 is 0 Å². The maximum Gasteiger partial charge on any atom is 0.119 e. The van der Waals surface area contributed by atoms with Crippen molar-refractivity contribution >= 4 is 0 Å². The van der Waals surface area contributed by atoms with Crippen LogP contribution in [0, 0.1) is 0 Å².